The Bertz CT molecular complexity index is 748. The van der Waals surface area contributed by atoms with Crippen LogP contribution in [0.1, 0.15) is 22.3 Å². The Morgan fingerprint density at radius 3 is 2.43 bits per heavy atom. The Kier molecular flexibility index (Phi) is 5.66. The van der Waals surface area contributed by atoms with E-state index in [4.69, 9.17) is 12.2 Å². The predicted molar refractivity (Wildman–Crippen MR) is 100 cm³/mol. The summed E-state index contributed by atoms with van der Waals surface area (Å²) in [5, 5.41) is 5.99. The third-order valence-corrected chi connectivity index (χ3v) is 3.80. The number of hydrogen-bond acceptors (Lipinski definition) is 2. The average molecular weight is 324 g/mol. The first-order valence-corrected chi connectivity index (χ1v) is 7.79. The van der Waals surface area contributed by atoms with Crippen molar-refractivity contribution >= 4 is 35.0 Å². The zero-order valence-electron chi connectivity index (χ0n) is 13.5. The summed E-state index contributed by atoms with van der Waals surface area (Å²) in [7, 11) is 0. The topological polar surface area (TPSA) is 41.1 Å². The summed E-state index contributed by atoms with van der Waals surface area (Å²) in [5.74, 6) is -0.256. The molecular formula is C19H20N2OS. The zero-order valence-corrected chi connectivity index (χ0v) is 14.3. The number of amides is 1. The van der Waals surface area contributed by atoms with Crippen LogP contribution in [0.3, 0.4) is 0 Å². The Balaban J connectivity index is 1.93. The van der Waals surface area contributed by atoms with E-state index in [0.29, 0.717) is 0 Å². The maximum atomic E-state index is 11.9. The summed E-state index contributed by atoms with van der Waals surface area (Å²) >= 11 is 5.19. The highest BCUT2D eigenvalue weighted by Gasteiger charge is 2.04. The van der Waals surface area contributed by atoms with Crippen LogP contribution in [0.25, 0.3) is 6.08 Å². The minimum atomic E-state index is -0.256. The summed E-state index contributed by atoms with van der Waals surface area (Å²) in [6, 6.07) is 13.9. The van der Waals surface area contributed by atoms with Gasteiger partial charge in [0.15, 0.2) is 5.11 Å². The summed E-state index contributed by atoms with van der Waals surface area (Å²) in [6.07, 6.45) is 3.23. The van der Waals surface area contributed by atoms with Crippen molar-refractivity contribution in [2.75, 3.05) is 5.32 Å². The normalized spacial score (nSPS) is 10.6. The molecule has 0 aliphatic heterocycles. The molecule has 0 radical (unpaired) electrons. The molecule has 2 N–H and O–H groups in total. The van der Waals surface area contributed by atoms with Gasteiger partial charge in [-0.25, -0.2) is 0 Å². The number of thiocarbonyl (C=S) groups is 1. The van der Waals surface area contributed by atoms with Crippen LogP contribution in [0.15, 0.2) is 48.5 Å². The van der Waals surface area contributed by atoms with Crippen LogP contribution >= 0.6 is 12.2 Å². The first-order valence-electron chi connectivity index (χ1n) is 7.38. The van der Waals surface area contributed by atoms with Crippen LogP contribution in [0.4, 0.5) is 5.69 Å². The first-order chi connectivity index (χ1) is 11.0. The molecule has 0 heterocycles. The molecule has 0 atom stereocenters. The Morgan fingerprint density at radius 1 is 1.04 bits per heavy atom. The third kappa shape index (κ3) is 5.04. The van der Waals surface area contributed by atoms with E-state index < -0.39 is 0 Å². The van der Waals surface area contributed by atoms with E-state index in [1.807, 2.05) is 63.2 Å². The highest BCUT2D eigenvalue weighted by Crippen LogP contribution is 2.17. The molecule has 3 nitrogen and oxygen atoms in total. The molecule has 2 aromatic rings. The monoisotopic (exact) mass is 324 g/mol. The van der Waals surface area contributed by atoms with Crippen molar-refractivity contribution in [3.63, 3.8) is 0 Å². The van der Waals surface area contributed by atoms with Gasteiger partial charge in [0.1, 0.15) is 0 Å². The van der Waals surface area contributed by atoms with Crippen LogP contribution in [0.5, 0.6) is 0 Å². The Hall–Kier alpha value is -2.46. The number of anilines is 1. The lowest BCUT2D eigenvalue weighted by atomic mass is 10.1. The van der Waals surface area contributed by atoms with Gasteiger partial charge in [0.25, 0.3) is 0 Å². The molecular weight excluding hydrogens is 304 g/mol. The molecule has 4 heteroatoms. The first kappa shape index (κ1) is 16.9. The highest BCUT2D eigenvalue weighted by atomic mass is 32.1. The van der Waals surface area contributed by atoms with Gasteiger partial charge >= 0.3 is 0 Å². The fourth-order valence-electron chi connectivity index (χ4n) is 2.04. The lowest BCUT2D eigenvalue weighted by Gasteiger charge is -2.12. The fourth-order valence-corrected chi connectivity index (χ4v) is 2.25. The van der Waals surface area contributed by atoms with Crippen LogP contribution in [0.2, 0.25) is 0 Å². The molecule has 2 rings (SSSR count). The van der Waals surface area contributed by atoms with Crippen molar-refractivity contribution in [3.8, 4) is 0 Å². The van der Waals surface area contributed by atoms with Gasteiger partial charge < -0.3 is 5.32 Å². The summed E-state index contributed by atoms with van der Waals surface area (Å²) in [6.45, 7) is 6.07. The van der Waals surface area contributed by atoms with E-state index in [9.17, 15) is 4.79 Å². The Labute approximate surface area is 142 Å². The van der Waals surface area contributed by atoms with E-state index >= 15 is 0 Å². The van der Waals surface area contributed by atoms with E-state index in [2.05, 4.69) is 10.6 Å². The second-order valence-electron chi connectivity index (χ2n) is 5.43. The van der Waals surface area contributed by atoms with Gasteiger partial charge in [0, 0.05) is 11.8 Å². The molecule has 118 valence electrons. The van der Waals surface area contributed by atoms with Crippen molar-refractivity contribution in [2.24, 2.45) is 0 Å². The van der Waals surface area contributed by atoms with Gasteiger partial charge in [-0.05, 0) is 61.8 Å². The second kappa shape index (κ2) is 7.70. The number of carbonyl (C=O) groups is 1. The average Bonchev–Trinajstić information content (AvgIpc) is 2.51. The van der Waals surface area contributed by atoms with Crippen LogP contribution in [0, 0.1) is 20.8 Å². The minimum Gasteiger partial charge on any atom is -0.332 e. The standard InChI is InChI=1S/C19H20N2OS/c1-13-7-9-16(10-8-13)11-12-18(22)21-19(23)20-17-6-4-5-14(2)15(17)3/h4-12H,1-3H3,(H2,20,21,22,23)/b12-11-. The largest absolute Gasteiger partial charge is 0.332 e. The molecule has 0 bridgehead atoms. The molecule has 0 saturated carbocycles. The lowest BCUT2D eigenvalue weighted by Crippen LogP contribution is -2.33. The number of nitrogens with one attached hydrogen (secondary N) is 2. The van der Waals surface area contributed by atoms with Crippen LogP contribution in [-0.4, -0.2) is 11.0 Å². The lowest BCUT2D eigenvalue weighted by molar-refractivity contribution is -0.115. The molecule has 1 amide bonds. The minimum absolute atomic E-state index is 0.256. The summed E-state index contributed by atoms with van der Waals surface area (Å²) in [5.41, 5.74) is 5.34. The van der Waals surface area contributed by atoms with Gasteiger partial charge in [-0.2, -0.15) is 0 Å². The van der Waals surface area contributed by atoms with Crippen LogP contribution < -0.4 is 10.6 Å². The molecule has 0 fully saturated rings. The maximum absolute atomic E-state index is 11.9. The molecule has 0 spiro atoms. The highest BCUT2D eigenvalue weighted by molar-refractivity contribution is 7.80. The van der Waals surface area contributed by atoms with Gasteiger partial charge in [0.05, 0.1) is 0 Å². The second-order valence-corrected chi connectivity index (χ2v) is 5.84. The molecule has 2 aromatic carbocycles. The predicted octanol–water partition coefficient (Wildman–Crippen LogP) is 4.14. The molecule has 0 aliphatic carbocycles. The van der Waals surface area contributed by atoms with Crippen molar-refractivity contribution in [1.82, 2.24) is 5.32 Å². The van der Waals surface area contributed by atoms with Gasteiger partial charge in [-0.1, -0.05) is 42.0 Å². The summed E-state index contributed by atoms with van der Waals surface area (Å²) < 4.78 is 0. The fraction of sp³-hybridized carbons (Fsp3) is 0.158. The number of carbonyl (C=O) groups excluding carboxylic acids is 1. The van der Waals surface area contributed by atoms with E-state index in [1.54, 1.807) is 6.08 Å². The van der Waals surface area contributed by atoms with Crippen molar-refractivity contribution in [2.45, 2.75) is 20.8 Å². The SMILES string of the molecule is Cc1ccc(/C=C\C(=O)NC(=S)Nc2cccc(C)c2C)cc1. The van der Waals surface area contributed by atoms with E-state index in [0.717, 1.165) is 16.8 Å². The molecule has 23 heavy (non-hydrogen) atoms. The number of rotatable bonds is 3. The van der Waals surface area contributed by atoms with Crippen molar-refractivity contribution < 1.29 is 4.79 Å². The van der Waals surface area contributed by atoms with Crippen LogP contribution in [-0.2, 0) is 4.79 Å². The number of aryl methyl sites for hydroxylation is 2. The Morgan fingerprint density at radius 2 is 1.74 bits per heavy atom. The number of benzene rings is 2. The van der Waals surface area contributed by atoms with Gasteiger partial charge in [-0.15, -0.1) is 0 Å². The molecule has 0 unspecified atom stereocenters. The molecule has 0 aromatic heterocycles. The smallest absolute Gasteiger partial charge is 0.250 e. The van der Waals surface area contributed by atoms with Gasteiger partial charge in [-0.3, -0.25) is 10.1 Å². The zero-order chi connectivity index (χ0) is 16.8. The van der Waals surface area contributed by atoms with E-state index in [-0.39, 0.29) is 11.0 Å². The summed E-state index contributed by atoms with van der Waals surface area (Å²) in [4.78, 5) is 11.9. The molecule has 0 aliphatic rings. The molecule has 0 saturated heterocycles. The van der Waals surface area contributed by atoms with Gasteiger partial charge in [0.2, 0.25) is 5.91 Å². The number of hydrogen-bond donors (Lipinski definition) is 2. The van der Waals surface area contributed by atoms with E-state index in [1.165, 1.54) is 17.2 Å². The maximum Gasteiger partial charge on any atom is 0.250 e. The quantitative estimate of drug-likeness (QED) is 0.658. The third-order valence-electron chi connectivity index (χ3n) is 3.59. The van der Waals surface area contributed by atoms with Crippen molar-refractivity contribution in [1.29, 1.82) is 0 Å². The van der Waals surface area contributed by atoms with Crippen molar-refractivity contribution in [3.05, 3.63) is 70.8 Å².